The zero-order chi connectivity index (χ0) is 11.3. The second-order valence-corrected chi connectivity index (χ2v) is 3.52. The maximum Gasteiger partial charge on any atom is 0.129 e. The number of hydrogen-bond acceptors (Lipinski definition) is 3. The number of rotatable bonds is 4. The first-order valence-electron chi connectivity index (χ1n) is 4.97. The van der Waals surface area contributed by atoms with E-state index in [4.69, 9.17) is 6.42 Å². The molecule has 0 saturated carbocycles. The molecule has 1 heterocycles. The van der Waals surface area contributed by atoms with Gasteiger partial charge in [0, 0.05) is 19.3 Å². The minimum absolute atomic E-state index is 0.325. The fourth-order valence-electron chi connectivity index (χ4n) is 1.30. The molecule has 0 aliphatic rings. The van der Waals surface area contributed by atoms with Gasteiger partial charge in [-0.05, 0) is 31.7 Å². The molecule has 0 aliphatic heterocycles. The van der Waals surface area contributed by atoms with Gasteiger partial charge in [0.15, 0.2) is 0 Å². The summed E-state index contributed by atoms with van der Waals surface area (Å²) in [5.74, 6) is 3.51. The van der Waals surface area contributed by atoms with Crippen molar-refractivity contribution in [3.05, 3.63) is 23.9 Å². The first-order valence-corrected chi connectivity index (χ1v) is 4.97. The molecule has 0 aliphatic carbocycles. The summed E-state index contributed by atoms with van der Waals surface area (Å²) in [5, 5.41) is 3.19. The third-order valence-corrected chi connectivity index (χ3v) is 2.42. The van der Waals surface area contributed by atoms with E-state index >= 15 is 0 Å². The van der Waals surface area contributed by atoms with E-state index in [1.54, 1.807) is 0 Å². The molecule has 0 amide bonds. The average Bonchev–Trinajstić information content (AvgIpc) is 2.28. The van der Waals surface area contributed by atoms with Gasteiger partial charge < -0.3 is 10.2 Å². The van der Waals surface area contributed by atoms with Crippen molar-refractivity contribution in [3.8, 4) is 12.3 Å². The molecule has 1 unspecified atom stereocenters. The Bertz CT molecular complexity index is 354. The fraction of sp³-hybridized carbons (Fsp3) is 0.417. The van der Waals surface area contributed by atoms with E-state index in [0.29, 0.717) is 12.6 Å². The average molecular weight is 203 g/mol. The van der Waals surface area contributed by atoms with Crippen LogP contribution in [0.1, 0.15) is 18.5 Å². The van der Waals surface area contributed by atoms with Crippen LogP contribution in [0.4, 0.5) is 5.82 Å². The van der Waals surface area contributed by atoms with Crippen molar-refractivity contribution < 1.29 is 0 Å². The Hall–Kier alpha value is -1.53. The molecule has 1 aromatic rings. The van der Waals surface area contributed by atoms with E-state index in [1.807, 2.05) is 31.3 Å². The summed E-state index contributed by atoms with van der Waals surface area (Å²) in [7, 11) is 3.88. The molecule has 0 bridgehead atoms. The summed E-state index contributed by atoms with van der Waals surface area (Å²) in [6.07, 6.45) is 7.07. The van der Waals surface area contributed by atoms with Crippen molar-refractivity contribution in [2.45, 2.75) is 13.0 Å². The third kappa shape index (κ3) is 2.97. The van der Waals surface area contributed by atoms with Gasteiger partial charge in [0.05, 0.1) is 6.54 Å². The lowest BCUT2D eigenvalue weighted by molar-refractivity contribution is 0.651. The predicted octanol–water partition coefficient (Wildman–Crippen LogP) is 1.43. The highest BCUT2D eigenvalue weighted by Crippen LogP contribution is 2.16. The number of pyridine rings is 1. The molecule has 1 rings (SSSR count). The van der Waals surface area contributed by atoms with E-state index in [-0.39, 0.29) is 0 Å². The number of hydrogen-bond donors (Lipinski definition) is 1. The molecule has 0 fully saturated rings. The number of nitrogens with one attached hydrogen (secondary N) is 1. The maximum atomic E-state index is 5.26. The second-order valence-electron chi connectivity index (χ2n) is 3.52. The minimum Gasteiger partial charge on any atom is -0.349 e. The normalized spacial score (nSPS) is 11.9. The first kappa shape index (κ1) is 11.5. The number of nitrogens with zero attached hydrogens (tertiary/aromatic N) is 2. The topological polar surface area (TPSA) is 28.2 Å². The van der Waals surface area contributed by atoms with Gasteiger partial charge in [-0.2, -0.15) is 0 Å². The van der Waals surface area contributed by atoms with Crippen LogP contribution < -0.4 is 10.2 Å². The van der Waals surface area contributed by atoms with Gasteiger partial charge in [-0.25, -0.2) is 4.98 Å². The first-order chi connectivity index (χ1) is 7.19. The van der Waals surface area contributed by atoms with Crippen LogP contribution in [-0.4, -0.2) is 25.6 Å². The minimum atomic E-state index is 0.325. The molecule has 1 aromatic heterocycles. The Kier molecular flexibility index (Phi) is 4.14. The Morgan fingerprint density at radius 2 is 2.40 bits per heavy atom. The zero-order valence-electron chi connectivity index (χ0n) is 9.49. The van der Waals surface area contributed by atoms with E-state index in [2.05, 4.69) is 29.2 Å². The van der Waals surface area contributed by atoms with Gasteiger partial charge in [0.1, 0.15) is 5.82 Å². The second kappa shape index (κ2) is 5.38. The number of terminal acetylenes is 1. The summed E-state index contributed by atoms with van der Waals surface area (Å²) >= 11 is 0. The number of anilines is 1. The molecule has 80 valence electrons. The quantitative estimate of drug-likeness (QED) is 0.750. The highest BCUT2D eigenvalue weighted by Gasteiger charge is 2.05. The van der Waals surface area contributed by atoms with E-state index < -0.39 is 0 Å². The molecule has 1 N–H and O–H groups in total. The lowest BCUT2D eigenvalue weighted by Crippen LogP contribution is -2.19. The molecular weight excluding hydrogens is 186 g/mol. The zero-order valence-corrected chi connectivity index (χ0v) is 9.49. The summed E-state index contributed by atoms with van der Waals surface area (Å²) in [5.41, 5.74) is 1.21. The number of aromatic nitrogens is 1. The fourth-order valence-corrected chi connectivity index (χ4v) is 1.30. The molecule has 3 heteroatoms. The van der Waals surface area contributed by atoms with E-state index in [0.717, 1.165) is 5.82 Å². The Balaban J connectivity index is 2.88. The molecule has 1 atom stereocenters. The van der Waals surface area contributed by atoms with Crippen LogP contribution in [0.5, 0.6) is 0 Å². The van der Waals surface area contributed by atoms with Gasteiger partial charge in [-0.15, -0.1) is 6.42 Å². The molecular formula is C12H17N3. The molecule has 0 radical (unpaired) electrons. The van der Waals surface area contributed by atoms with Gasteiger partial charge >= 0.3 is 0 Å². The molecule has 0 spiro atoms. The lowest BCUT2D eigenvalue weighted by Gasteiger charge is -2.17. The van der Waals surface area contributed by atoms with Gasteiger partial charge in [0.2, 0.25) is 0 Å². The highest BCUT2D eigenvalue weighted by molar-refractivity contribution is 5.42. The maximum absolute atomic E-state index is 5.26. The van der Waals surface area contributed by atoms with Crippen LogP contribution in [0, 0.1) is 12.3 Å². The van der Waals surface area contributed by atoms with Crippen LogP contribution >= 0.6 is 0 Å². The van der Waals surface area contributed by atoms with Crippen molar-refractivity contribution in [1.82, 2.24) is 10.3 Å². The standard InChI is InChI=1S/C12H17N3/c1-5-8-15(4)12-9-11(6-7-14-12)10(2)13-3/h1,6-7,9-10,13H,8H2,2-4H3. The molecule has 3 nitrogen and oxygen atoms in total. The molecule has 15 heavy (non-hydrogen) atoms. The van der Waals surface area contributed by atoms with Crippen LogP contribution in [0.15, 0.2) is 18.3 Å². The molecule has 0 aromatic carbocycles. The summed E-state index contributed by atoms with van der Waals surface area (Å²) in [6.45, 7) is 2.69. The Labute approximate surface area is 91.5 Å². The van der Waals surface area contributed by atoms with Gasteiger partial charge in [-0.1, -0.05) is 5.92 Å². The SMILES string of the molecule is C#CCN(C)c1cc(C(C)NC)ccn1. The smallest absolute Gasteiger partial charge is 0.129 e. The van der Waals surface area contributed by atoms with Crippen LogP contribution in [-0.2, 0) is 0 Å². The van der Waals surface area contributed by atoms with E-state index in [9.17, 15) is 0 Å². The Morgan fingerprint density at radius 3 is 3.00 bits per heavy atom. The highest BCUT2D eigenvalue weighted by atomic mass is 15.1. The van der Waals surface area contributed by atoms with Gasteiger partial charge in [-0.3, -0.25) is 0 Å². The van der Waals surface area contributed by atoms with Crippen molar-refractivity contribution in [3.63, 3.8) is 0 Å². The Morgan fingerprint density at radius 1 is 1.67 bits per heavy atom. The van der Waals surface area contributed by atoms with Crippen LogP contribution in [0.2, 0.25) is 0 Å². The van der Waals surface area contributed by atoms with Crippen molar-refractivity contribution >= 4 is 5.82 Å². The van der Waals surface area contributed by atoms with Crippen molar-refractivity contribution in [2.24, 2.45) is 0 Å². The summed E-state index contributed by atoms with van der Waals surface area (Å²) in [6, 6.07) is 4.39. The van der Waals surface area contributed by atoms with Crippen LogP contribution in [0.25, 0.3) is 0 Å². The predicted molar refractivity (Wildman–Crippen MR) is 63.8 cm³/mol. The van der Waals surface area contributed by atoms with Gasteiger partial charge in [0.25, 0.3) is 0 Å². The largest absolute Gasteiger partial charge is 0.349 e. The van der Waals surface area contributed by atoms with E-state index in [1.165, 1.54) is 5.56 Å². The monoisotopic (exact) mass is 203 g/mol. The van der Waals surface area contributed by atoms with Crippen molar-refractivity contribution in [2.75, 3.05) is 25.5 Å². The third-order valence-electron chi connectivity index (χ3n) is 2.42. The van der Waals surface area contributed by atoms with Crippen LogP contribution in [0.3, 0.4) is 0 Å². The summed E-state index contributed by atoms with van der Waals surface area (Å²) in [4.78, 5) is 6.23. The lowest BCUT2D eigenvalue weighted by atomic mass is 10.1. The molecule has 0 saturated heterocycles. The summed E-state index contributed by atoms with van der Waals surface area (Å²) < 4.78 is 0. The van der Waals surface area contributed by atoms with Crippen molar-refractivity contribution in [1.29, 1.82) is 0 Å².